The number of hydrogen-bond acceptors (Lipinski definition) is 12. The first kappa shape index (κ1) is 63.0. The Labute approximate surface area is 504 Å². The molecular formula is C63H87F3N12O9. The second-order valence-electron chi connectivity index (χ2n) is 25.5. The molecule has 474 valence electrons. The van der Waals surface area contributed by atoms with Gasteiger partial charge in [0, 0.05) is 113 Å². The summed E-state index contributed by atoms with van der Waals surface area (Å²) in [6.07, 6.45) is 7.12. The number of amides is 3. The highest BCUT2D eigenvalue weighted by Gasteiger charge is 2.46. The molecule has 3 unspecified atom stereocenters. The van der Waals surface area contributed by atoms with Crippen LogP contribution in [0.3, 0.4) is 0 Å². The van der Waals surface area contributed by atoms with E-state index in [4.69, 9.17) is 14.2 Å². The highest BCUT2D eigenvalue weighted by Crippen LogP contribution is 2.38. The Morgan fingerprint density at radius 3 is 0.908 bits per heavy atom. The van der Waals surface area contributed by atoms with E-state index in [0.717, 1.165) is 114 Å². The maximum absolute atomic E-state index is 13.9. The van der Waals surface area contributed by atoms with Crippen LogP contribution in [0.15, 0.2) is 50.8 Å². The van der Waals surface area contributed by atoms with Crippen LogP contribution in [0.25, 0.3) is 33.1 Å². The summed E-state index contributed by atoms with van der Waals surface area (Å²) in [5.41, 5.74) is 4.86. The van der Waals surface area contributed by atoms with Gasteiger partial charge in [-0.1, -0.05) is 0 Å². The number of nitrogens with zero attached hydrogens (tertiary/aromatic N) is 9. The number of rotatable bonds is 9. The Bertz CT molecular complexity index is 3300. The topological polar surface area (TPSA) is 212 Å². The lowest BCUT2D eigenvalue weighted by molar-refractivity contribution is 0.0640. The number of H-pyrrole nitrogens is 3. The molecule has 0 aliphatic carbocycles. The van der Waals surface area contributed by atoms with E-state index in [0.29, 0.717) is 92.3 Å². The van der Waals surface area contributed by atoms with Crippen LogP contribution < -0.4 is 17.1 Å². The molecule has 0 spiro atoms. The predicted octanol–water partition coefficient (Wildman–Crippen LogP) is 9.10. The summed E-state index contributed by atoms with van der Waals surface area (Å²) < 4.78 is 62.4. The molecule has 6 aromatic rings. The van der Waals surface area contributed by atoms with Crippen LogP contribution in [0.1, 0.15) is 134 Å². The van der Waals surface area contributed by atoms with E-state index < -0.39 is 0 Å². The lowest BCUT2D eigenvalue weighted by Crippen LogP contribution is -2.52. The van der Waals surface area contributed by atoms with Crippen molar-refractivity contribution < 1.29 is 41.8 Å². The molecule has 6 aliphatic heterocycles. The minimum absolute atomic E-state index is 0.0668. The summed E-state index contributed by atoms with van der Waals surface area (Å²) >= 11 is 0. The Kier molecular flexibility index (Phi) is 18.5. The van der Waals surface area contributed by atoms with Gasteiger partial charge in [0.05, 0.1) is 52.9 Å². The van der Waals surface area contributed by atoms with Gasteiger partial charge in [-0.25, -0.2) is 41.9 Å². The fourth-order valence-corrected chi connectivity index (χ4v) is 14.6. The molecule has 0 saturated carbocycles. The molecule has 3 atom stereocenters. The molecule has 6 saturated heterocycles. The van der Waals surface area contributed by atoms with Crippen LogP contribution in [0.5, 0.6) is 0 Å². The van der Waals surface area contributed by atoms with Crippen LogP contribution in [-0.4, -0.2) is 191 Å². The first-order chi connectivity index (χ1) is 41.5. The molecule has 0 radical (unpaired) electrons. The summed E-state index contributed by atoms with van der Waals surface area (Å²) in [5.74, 6) is -0.914. The molecule has 0 bridgehead atoms. The molecule has 21 nitrogen and oxygen atoms in total. The van der Waals surface area contributed by atoms with E-state index in [1.807, 2.05) is 20.8 Å². The molecule has 6 fully saturated rings. The number of aromatic amines is 3. The highest BCUT2D eigenvalue weighted by molar-refractivity contribution is 5.78. The number of fused-ring (bicyclic) bond motifs is 3. The van der Waals surface area contributed by atoms with Crippen molar-refractivity contribution in [2.24, 2.45) is 0 Å². The minimum Gasteiger partial charge on any atom is -0.450 e. The van der Waals surface area contributed by atoms with Gasteiger partial charge in [0.2, 0.25) is 0 Å². The van der Waals surface area contributed by atoms with Crippen LogP contribution >= 0.6 is 0 Å². The van der Waals surface area contributed by atoms with Gasteiger partial charge in [0.15, 0.2) is 0 Å². The normalized spacial score (nSPS) is 23.8. The predicted molar refractivity (Wildman–Crippen MR) is 326 cm³/mol. The van der Waals surface area contributed by atoms with Gasteiger partial charge < -0.3 is 43.9 Å². The highest BCUT2D eigenvalue weighted by atomic mass is 19.1. The summed E-state index contributed by atoms with van der Waals surface area (Å²) in [7, 11) is 0. The van der Waals surface area contributed by atoms with E-state index in [9.17, 15) is 41.9 Å². The number of nitrogens with one attached hydrogen (secondary N) is 3. The fourth-order valence-electron chi connectivity index (χ4n) is 14.6. The van der Waals surface area contributed by atoms with Crippen molar-refractivity contribution in [2.45, 2.75) is 155 Å². The van der Waals surface area contributed by atoms with E-state index in [-0.39, 0.29) is 87.5 Å². The molecule has 9 heterocycles. The Balaban J connectivity index is 0.000000144. The lowest BCUT2D eigenvalue weighted by atomic mass is 9.93. The zero-order valence-corrected chi connectivity index (χ0v) is 52.0. The van der Waals surface area contributed by atoms with Crippen molar-refractivity contribution in [2.75, 3.05) is 98.4 Å². The number of aryl methyl sites for hydroxylation is 3. The molecule has 6 aliphatic rings. The smallest absolute Gasteiger partial charge is 0.409 e. The monoisotopic (exact) mass is 1210 g/mol. The second-order valence-corrected chi connectivity index (χ2v) is 25.5. The summed E-state index contributed by atoms with van der Waals surface area (Å²) in [5, 5.41) is 0. The van der Waals surface area contributed by atoms with Crippen molar-refractivity contribution in [3.63, 3.8) is 0 Å². The van der Waals surface area contributed by atoms with Crippen molar-refractivity contribution in [1.82, 2.24) is 58.1 Å². The third kappa shape index (κ3) is 12.8. The Morgan fingerprint density at radius 1 is 0.437 bits per heavy atom. The average Bonchev–Trinajstić information content (AvgIpc) is 2.46. The standard InChI is InChI=1S/3C21H29FN4O3/c3*1-4-29-20(28)24-10-7-21(3,13-24)25-8-5-15(6-9-25)26-18-11-14(2)16(22)12-17(18)23-19(26)27/h3*11-12,15H,4-10,13H2,1-3H3,(H,23,27). The zero-order chi connectivity index (χ0) is 62.3. The van der Waals surface area contributed by atoms with E-state index in [1.54, 1.807) is 67.4 Å². The lowest BCUT2D eigenvalue weighted by Gasteiger charge is -2.43. The maximum Gasteiger partial charge on any atom is 0.409 e. The first-order valence-corrected chi connectivity index (χ1v) is 31.2. The van der Waals surface area contributed by atoms with Gasteiger partial charge in [0.1, 0.15) is 17.5 Å². The van der Waals surface area contributed by atoms with Gasteiger partial charge in [-0.3, -0.25) is 28.4 Å². The molecule has 12 rings (SSSR count). The number of piperidine rings is 3. The first-order valence-electron chi connectivity index (χ1n) is 31.2. The number of benzene rings is 3. The number of aromatic nitrogens is 6. The van der Waals surface area contributed by atoms with Crippen LogP contribution in [0.4, 0.5) is 27.6 Å². The third-order valence-electron chi connectivity index (χ3n) is 19.7. The van der Waals surface area contributed by atoms with Gasteiger partial charge in [-0.05, 0) is 173 Å². The number of likely N-dealkylation sites (tertiary alicyclic amines) is 6. The molecular weight excluding hydrogens is 1130 g/mol. The van der Waals surface area contributed by atoms with Crippen LogP contribution in [-0.2, 0) is 14.2 Å². The number of imidazole rings is 3. The SMILES string of the molecule is CCOC(=O)N1CCC(C)(N2CCC(n3c(=O)[nH]c4cc(F)c(C)cc43)CC2)C1.CCOC(=O)N1CCC(C)(N2CCC(n3c(=O)[nH]c4cc(F)c(C)cc43)CC2)C1.CCOC(=O)N1CCC(C)(N2CCC(n3c(=O)[nH]c4cc(F)c(C)cc43)CC2)C1. The van der Waals surface area contributed by atoms with E-state index in [1.165, 1.54) is 18.2 Å². The molecule has 3 N–H and O–H groups in total. The van der Waals surface area contributed by atoms with Gasteiger partial charge in [-0.15, -0.1) is 0 Å². The molecule has 3 aromatic heterocycles. The van der Waals surface area contributed by atoms with E-state index in [2.05, 4.69) is 50.4 Å². The number of ether oxygens (including phenoxy) is 3. The van der Waals surface area contributed by atoms with Crippen molar-refractivity contribution in [3.05, 3.63) is 102 Å². The van der Waals surface area contributed by atoms with Crippen molar-refractivity contribution in [3.8, 4) is 0 Å². The average molecular weight is 1210 g/mol. The largest absolute Gasteiger partial charge is 0.450 e. The minimum atomic E-state index is -0.305. The number of carbonyl (C=O) groups excluding carboxylic acids is 3. The summed E-state index contributed by atoms with van der Waals surface area (Å²) in [6, 6.07) is 9.74. The number of carbonyl (C=O) groups is 3. The number of hydrogen-bond donors (Lipinski definition) is 3. The van der Waals surface area contributed by atoms with Gasteiger partial charge in [-0.2, -0.15) is 0 Å². The van der Waals surface area contributed by atoms with Crippen molar-refractivity contribution in [1.29, 1.82) is 0 Å². The second kappa shape index (κ2) is 25.6. The zero-order valence-electron chi connectivity index (χ0n) is 52.0. The Morgan fingerprint density at radius 2 is 0.678 bits per heavy atom. The van der Waals surface area contributed by atoms with Gasteiger partial charge in [0.25, 0.3) is 0 Å². The van der Waals surface area contributed by atoms with E-state index >= 15 is 0 Å². The van der Waals surface area contributed by atoms with Crippen LogP contribution in [0.2, 0.25) is 0 Å². The maximum atomic E-state index is 13.9. The van der Waals surface area contributed by atoms with Gasteiger partial charge >= 0.3 is 35.3 Å². The van der Waals surface area contributed by atoms with Crippen LogP contribution in [0, 0.1) is 38.2 Å². The molecule has 3 amide bonds. The summed E-state index contributed by atoms with van der Waals surface area (Å²) in [4.78, 5) is 94.9. The Hall–Kier alpha value is -7.05. The quantitative estimate of drug-likeness (QED) is 0.116. The number of halogens is 3. The molecule has 87 heavy (non-hydrogen) atoms. The third-order valence-corrected chi connectivity index (χ3v) is 19.7. The fraction of sp³-hybridized carbons (Fsp3) is 0.619. The molecule has 24 heteroatoms. The molecule has 3 aromatic carbocycles. The van der Waals surface area contributed by atoms with Crippen molar-refractivity contribution >= 4 is 51.4 Å². The summed E-state index contributed by atoms with van der Waals surface area (Å²) in [6.45, 7) is 27.7.